The second-order valence-electron chi connectivity index (χ2n) is 6.99. The van der Waals surface area contributed by atoms with Gasteiger partial charge < -0.3 is 15.8 Å². The van der Waals surface area contributed by atoms with Crippen LogP contribution in [-0.2, 0) is 9.59 Å². The van der Waals surface area contributed by atoms with Gasteiger partial charge in [0.25, 0.3) is 11.6 Å². The van der Waals surface area contributed by atoms with E-state index in [4.69, 9.17) is 10.5 Å². The fraction of sp³-hybridized carbons (Fsp3) is 0.556. The fourth-order valence-corrected chi connectivity index (χ4v) is 3.78. The molecule has 146 valence electrons. The Morgan fingerprint density at radius 2 is 2.11 bits per heavy atom. The molecule has 3 N–H and O–H groups in total. The van der Waals surface area contributed by atoms with E-state index in [1.54, 1.807) is 0 Å². The van der Waals surface area contributed by atoms with Gasteiger partial charge in [-0.1, -0.05) is 19.3 Å². The van der Waals surface area contributed by atoms with Gasteiger partial charge in [0.05, 0.1) is 10.6 Å². The highest BCUT2D eigenvalue weighted by molar-refractivity contribution is 6.02. The number of nitrogens with zero attached hydrogens (tertiary/aromatic N) is 2. The van der Waals surface area contributed by atoms with E-state index in [0.29, 0.717) is 18.2 Å². The lowest BCUT2D eigenvalue weighted by Gasteiger charge is -2.32. The molecular formula is C18H24N4O5. The molecule has 0 aromatic heterocycles. The van der Waals surface area contributed by atoms with Crippen molar-refractivity contribution in [3.8, 4) is 5.75 Å². The zero-order valence-corrected chi connectivity index (χ0v) is 15.1. The number of hydrogen-bond acceptors (Lipinski definition) is 6. The number of amides is 2. The SMILES string of the molecule is NCC(NC(=O)CN1C(=O)COc2ccc([N+](=O)[O-])cc21)C1CCCCC1. The van der Waals surface area contributed by atoms with E-state index in [1.165, 1.54) is 29.5 Å². The van der Waals surface area contributed by atoms with Crippen molar-refractivity contribution in [2.75, 3.05) is 24.6 Å². The largest absolute Gasteiger partial charge is 0.482 e. The summed E-state index contributed by atoms with van der Waals surface area (Å²) in [4.78, 5) is 36.5. The summed E-state index contributed by atoms with van der Waals surface area (Å²) in [7, 11) is 0. The van der Waals surface area contributed by atoms with Crippen LogP contribution in [-0.4, -0.2) is 42.5 Å². The Labute approximate surface area is 157 Å². The summed E-state index contributed by atoms with van der Waals surface area (Å²) in [6.45, 7) is -0.0872. The van der Waals surface area contributed by atoms with Gasteiger partial charge in [-0.2, -0.15) is 0 Å². The molecule has 0 spiro atoms. The van der Waals surface area contributed by atoms with E-state index in [9.17, 15) is 19.7 Å². The molecule has 9 heteroatoms. The highest BCUT2D eigenvalue weighted by atomic mass is 16.6. The summed E-state index contributed by atoms with van der Waals surface area (Å²) in [5.41, 5.74) is 5.92. The van der Waals surface area contributed by atoms with Crippen molar-refractivity contribution in [1.29, 1.82) is 0 Å². The van der Waals surface area contributed by atoms with Gasteiger partial charge in [-0.05, 0) is 24.8 Å². The number of anilines is 1. The van der Waals surface area contributed by atoms with Gasteiger partial charge in [0.1, 0.15) is 12.3 Å². The van der Waals surface area contributed by atoms with Crippen molar-refractivity contribution >= 4 is 23.2 Å². The monoisotopic (exact) mass is 376 g/mol. The van der Waals surface area contributed by atoms with Crippen molar-refractivity contribution < 1.29 is 19.2 Å². The molecule has 3 rings (SSSR count). The Balaban J connectivity index is 1.72. The third-order valence-corrected chi connectivity index (χ3v) is 5.22. The van der Waals surface area contributed by atoms with Crippen molar-refractivity contribution in [2.24, 2.45) is 11.7 Å². The minimum atomic E-state index is -0.550. The Morgan fingerprint density at radius 1 is 1.37 bits per heavy atom. The van der Waals surface area contributed by atoms with Crippen LogP contribution in [0.5, 0.6) is 5.75 Å². The molecule has 1 aromatic rings. The van der Waals surface area contributed by atoms with E-state index < -0.39 is 10.8 Å². The van der Waals surface area contributed by atoms with Crippen molar-refractivity contribution in [1.82, 2.24) is 5.32 Å². The second kappa shape index (κ2) is 8.34. The summed E-state index contributed by atoms with van der Waals surface area (Å²) in [5.74, 6) is -0.0547. The first-order valence-corrected chi connectivity index (χ1v) is 9.20. The number of nitrogens with two attached hydrogens (primary N) is 1. The van der Waals surface area contributed by atoms with Gasteiger partial charge in [0.2, 0.25) is 5.91 Å². The quantitative estimate of drug-likeness (QED) is 0.570. The molecule has 27 heavy (non-hydrogen) atoms. The number of nitro groups is 1. The lowest BCUT2D eigenvalue weighted by atomic mass is 9.84. The normalized spacial score (nSPS) is 18.4. The zero-order valence-electron chi connectivity index (χ0n) is 15.1. The van der Waals surface area contributed by atoms with E-state index in [2.05, 4.69) is 5.32 Å². The van der Waals surface area contributed by atoms with Crippen LogP contribution < -0.4 is 20.7 Å². The first kappa shape index (κ1) is 19.1. The van der Waals surface area contributed by atoms with E-state index in [0.717, 1.165) is 25.7 Å². The van der Waals surface area contributed by atoms with Crippen LogP contribution >= 0.6 is 0 Å². The molecule has 0 bridgehead atoms. The topological polar surface area (TPSA) is 128 Å². The smallest absolute Gasteiger partial charge is 0.271 e. The molecule has 1 saturated carbocycles. The molecule has 2 aliphatic rings. The predicted octanol–water partition coefficient (Wildman–Crippen LogP) is 1.34. The summed E-state index contributed by atoms with van der Waals surface area (Å²) in [6.07, 6.45) is 5.55. The number of non-ortho nitro benzene ring substituents is 1. The number of benzene rings is 1. The highest BCUT2D eigenvalue weighted by Crippen LogP contribution is 2.35. The van der Waals surface area contributed by atoms with E-state index >= 15 is 0 Å². The maximum Gasteiger partial charge on any atom is 0.271 e. The van der Waals surface area contributed by atoms with E-state index in [-0.39, 0.29) is 36.5 Å². The summed E-state index contributed by atoms with van der Waals surface area (Å²) in [6, 6.07) is 3.87. The van der Waals surface area contributed by atoms with Gasteiger partial charge in [-0.3, -0.25) is 24.6 Å². The molecule has 1 aromatic carbocycles. The van der Waals surface area contributed by atoms with Gasteiger partial charge in [0, 0.05) is 24.7 Å². The number of nitro benzene ring substituents is 1. The van der Waals surface area contributed by atoms with Gasteiger partial charge in [-0.25, -0.2) is 0 Å². The molecule has 9 nitrogen and oxygen atoms in total. The lowest BCUT2D eigenvalue weighted by molar-refractivity contribution is -0.384. The van der Waals surface area contributed by atoms with Gasteiger partial charge in [-0.15, -0.1) is 0 Å². The molecule has 1 fully saturated rings. The fourth-order valence-electron chi connectivity index (χ4n) is 3.78. The van der Waals surface area contributed by atoms with Gasteiger partial charge in [0.15, 0.2) is 6.61 Å². The molecule has 0 radical (unpaired) electrons. The third kappa shape index (κ3) is 4.36. The van der Waals surface area contributed by atoms with Crippen molar-refractivity contribution in [3.05, 3.63) is 28.3 Å². The minimum absolute atomic E-state index is 0.126. The second-order valence-corrected chi connectivity index (χ2v) is 6.99. The number of fused-ring (bicyclic) bond motifs is 1. The molecule has 1 atom stereocenters. The molecule has 2 amide bonds. The van der Waals surface area contributed by atoms with Crippen LogP contribution in [0.1, 0.15) is 32.1 Å². The average molecular weight is 376 g/mol. The van der Waals surface area contributed by atoms with Crippen molar-refractivity contribution in [3.63, 3.8) is 0 Å². The van der Waals surface area contributed by atoms with Crippen molar-refractivity contribution in [2.45, 2.75) is 38.1 Å². The first-order valence-electron chi connectivity index (χ1n) is 9.20. The average Bonchev–Trinajstić information content (AvgIpc) is 2.68. The lowest BCUT2D eigenvalue weighted by Crippen LogP contribution is -2.51. The maximum absolute atomic E-state index is 12.6. The first-order chi connectivity index (χ1) is 13.0. The molecule has 1 aliphatic heterocycles. The number of carbonyl (C=O) groups excluding carboxylic acids is 2. The Hall–Kier alpha value is -2.68. The summed E-state index contributed by atoms with van der Waals surface area (Å²) in [5, 5.41) is 14.0. The molecule has 1 unspecified atom stereocenters. The maximum atomic E-state index is 12.6. The summed E-state index contributed by atoms with van der Waals surface area (Å²) >= 11 is 0. The summed E-state index contributed by atoms with van der Waals surface area (Å²) < 4.78 is 5.31. The van der Waals surface area contributed by atoms with Gasteiger partial charge >= 0.3 is 0 Å². The Morgan fingerprint density at radius 3 is 2.78 bits per heavy atom. The van der Waals surface area contributed by atoms with Crippen LogP contribution in [0, 0.1) is 16.0 Å². The molecular weight excluding hydrogens is 352 g/mol. The number of rotatable bonds is 6. The highest BCUT2D eigenvalue weighted by Gasteiger charge is 2.30. The Kier molecular flexibility index (Phi) is 5.90. The minimum Gasteiger partial charge on any atom is -0.482 e. The molecule has 1 heterocycles. The van der Waals surface area contributed by atoms with Crippen LogP contribution in [0.25, 0.3) is 0 Å². The zero-order chi connectivity index (χ0) is 19.4. The van der Waals surface area contributed by atoms with E-state index in [1.807, 2.05) is 0 Å². The number of ether oxygens (including phenoxy) is 1. The Bertz CT molecular complexity index is 732. The molecule has 0 saturated heterocycles. The standard InChI is InChI=1S/C18H24N4O5/c19-9-14(12-4-2-1-3-5-12)20-17(23)10-21-15-8-13(22(25)26)6-7-16(15)27-11-18(21)24/h6-8,12,14H,1-5,9-11,19H2,(H,20,23). The predicted molar refractivity (Wildman–Crippen MR) is 98.5 cm³/mol. The number of carbonyl (C=O) groups is 2. The van der Waals surface area contributed by atoms with Crippen LogP contribution in [0.15, 0.2) is 18.2 Å². The number of nitrogens with one attached hydrogen (secondary N) is 1. The third-order valence-electron chi connectivity index (χ3n) is 5.22. The molecule has 1 aliphatic carbocycles. The number of hydrogen-bond donors (Lipinski definition) is 2. The van der Waals surface area contributed by atoms with Crippen LogP contribution in [0.4, 0.5) is 11.4 Å². The van der Waals surface area contributed by atoms with Crippen LogP contribution in [0.3, 0.4) is 0 Å². The van der Waals surface area contributed by atoms with Crippen LogP contribution in [0.2, 0.25) is 0 Å².